The standard InChI is InChI=1S/C27H35N5O/c1-28-27(29-15-7-14-26(33)32-21-24-12-5-6-13-25(24)22-32)31-19-17-30(18-20-31)16-8-11-23-9-3-2-4-10-23/h2-6,8-13H,7,14-22H2,1H3,(H,28,29)/b11-8+. The van der Waals surface area contributed by atoms with Gasteiger partial charge < -0.3 is 15.1 Å². The highest BCUT2D eigenvalue weighted by molar-refractivity contribution is 5.80. The third kappa shape index (κ3) is 6.45. The molecule has 2 aromatic carbocycles. The van der Waals surface area contributed by atoms with Crippen molar-refractivity contribution in [3.63, 3.8) is 0 Å². The fraction of sp³-hybridized carbons (Fsp3) is 0.407. The maximum Gasteiger partial charge on any atom is 0.223 e. The summed E-state index contributed by atoms with van der Waals surface area (Å²) in [6, 6.07) is 18.8. The molecule has 4 rings (SSSR count). The largest absolute Gasteiger partial charge is 0.356 e. The molecule has 6 nitrogen and oxygen atoms in total. The van der Waals surface area contributed by atoms with Crippen LogP contribution < -0.4 is 5.32 Å². The summed E-state index contributed by atoms with van der Waals surface area (Å²) in [4.78, 5) is 23.8. The molecule has 1 fully saturated rings. The zero-order chi connectivity index (χ0) is 22.9. The minimum atomic E-state index is 0.236. The van der Waals surface area contributed by atoms with E-state index in [1.54, 1.807) is 0 Å². The molecule has 2 aromatic rings. The Balaban J connectivity index is 1.12. The van der Waals surface area contributed by atoms with E-state index in [2.05, 4.69) is 68.7 Å². The van der Waals surface area contributed by atoms with Crippen molar-refractivity contribution in [3.8, 4) is 0 Å². The molecule has 2 heterocycles. The molecule has 0 aromatic heterocycles. The number of nitrogens with one attached hydrogen (secondary N) is 1. The van der Waals surface area contributed by atoms with Crippen LogP contribution in [0.1, 0.15) is 29.5 Å². The quantitative estimate of drug-likeness (QED) is 0.404. The summed E-state index contributed by atoms with van der Waals surface area (Å²) in [5.74, 6) is 1.18. The van der Waals surface area contributed by atoms with E-state index in [0.29, 0.717) is 6.42 Å². The van der Waals surface area contributed by atoms with Gasteiger partial charge in [-0.15, -0.1) is 0 Å². The summed E-state index contributed by atoms with van der Waals surface area (Å²) in [5.41, 5.74) is 3.80. The van der Waals surface area contributed by atoms with Crippen LogP contribution >= 0.6 is 0 Å². The SMILES string of the molecule is CN=C(NCCCC(=O)N1Cc2ccccc2C1)N1CCN(C/C=C/c2ccccc2)CC1. The van der Waals surface area contributed by atoms with Crippen LogP contribution in [0.3, 0.4) is 0 Å². The van der Waals surface area contributed by atoms with Crippen LogP contribution in [0.15, 0.2) is 65.7 Å². The molecule has 0 bridgehead atoms. The lowest BCUT2D eigenvalue weighted by Crippen LogP contribution is -2.52. The molecule has 1 saturated heterocycles. The third-order valence-corrected chi connectivity index (χ3v) is 6.40. The van der Waals surface area contributed by atoms with Crippen LogP contribution in [0.2, 0.25) is 0 Å². The average molecular weight is 446 g/mol. The zero-order valence-electron chi connectivity index (χ0n) is 19.6. The summed E-state index contributed by atoms with van der Waals surface area (Å²) in [5, 5.41) is 3.45. The number of carbonyl (C=O) groups is 1. The number of carbonyl (C=O) groups excluding carboxylic acids is 1. The Morgan fingerprint density at radius 3 is 2.27 bits per heavy atom. The Hall–Kier alpha value is -3.12. The minimum absolute atomic E-state index is 0.236. The summed E-state index contributed by atoms with van der Waals surface area (Å²) < 4.78 is 0. The van der Waals surface area contributed by atoms with Gasteiger partial charge in [0.2, 0.25) is 5.91 Å². The van der Waals surface area contributed by atoms with E-state index in [-0.39, 0.29) is 5.91 Å². The molecule has 6 heteroatoms. The number of aliphatic imine (C=N–C) groups is 1. The van der Waals surface area contributed by atoms with Gasteiger partial charge in [0, 0.05) is 65.8 Å². The smallest absolute Gasteiger partial charge is 0.223 e. The van der Waals surface area contributed by atoms with Crippen molar-refractivity contribution in [3.05, 3.63) is 77.4 Å². The predicted octanol–water partition coefficient (Wildman–Crippen LogP) is 3.22. The van der Waals surface area contributed by atoms with Crippen LogP contribution in [0.25, 0.3) is 6.08 Å². The molecule has 0 saturated carbocycles. The number of guanidine groups is 1. The first-order chi connectivity index (χ1) is 16.2. The van der Waals surface area contributed by atoms with E-state index in [9.17, 15) is 4.79 Å². The summed E-state index contributed by atoms with van der Waals surface area (Å²) in [7, 11) is 1.84. The number of hydrogen-bond donors (Lipinski definition) is 1. The van der Waals surface area contributed by atoms with Gasteiger partial charge in [0.25, 0.3) is 0 Å². The van der Waals surface area contributed by atoms with Crippen molar-refractivity contribution in [1.82, 2.24) is 20.0 Å². The number of benzene rings is 2. The molecule has 0 radical (unpaired) electrons. The van der Waals surface area contributed by atoms with Gasteiger partial charge in [-0.3, -0.25) is 14.7 Å². The van der Waals surface area contributed by atoms with E-state index in [0.717, 1.165) is 64.7 Å². The van der Waals surface area contributed by atoms with Crippen LogP contribution in [0.5, 0.6) is 0 Å². The third-order valence-electron chi connectivity index (χ3n) is 6.40. The highest BCUT2D eigenvalue weighted by Gasteiger charge is 2.22. The first-order valence-electron chi connectivity index (χ1n) is 12.0. The molecule has 0 aliphatic carbocycles. The van der Waals surface area contributed by atoms with Crippen LogP contribution in [0.4, 0.5) is 0 Å². The Kier molecular flexibility index (Phi) is 8.14. The van der Waals surface area contributed by atoms with Gasteiger partial charge >= 0.3 is 0 Å². The van der Waals surface area contributed by atoms with Gasteiger partial charge in [0.05, 0.1) is 0 Å². The predicted molar refractivity (Wildman–Crippen MR) is 135 cm³/mol. The Morgan fingerprint density at radius 2 is 1.61 bits per heavy atom. The monoisotopic (exact) mass is 445 g/mol. The average Bonchev–Trinajstić information content (AvgIpc) is 3.30. The van der Waals surface area contributed by atoms with Gasteiger partial charge in [-0.1, -0.05) is 66.7 Å². The highest BCUT2D eigenvalue weighted by atomic mass is 16.2. The van der Waals surface area contributed by atoms with Gasteiger partial charge in [0.15, 0.2) is 5.96 Å². The van der Waals surface area contributed by atoms with E-state index in [4.69, 9.17) is 0 Å². The summed E-state index contributed by atoms with van der Waals surface area (Å²) >= 11 is 0. The van der Waals surface area contributed by atoms with Gasteiger partial charge in [-0.25, -0.2) is 0 Å². The topological polar surface area (TPSA) is 51.2 Å². The van der Waals surface area contributed by atoms with Crippen molar-refractivity contribution in [2.45, 2.75) is 25.9 Å². The lowest BCUT2D eigenvalue weighted by Gasteiger charge is -2.36. The molecule has 0 unspecified atom stereocenters. The number of rotatable bonds is 7. The second kappa shape index (κ2) is 11.7. The van der Waals surface area contributed by atoms with Gasteiger partial charge in [0.1, 0.15) is 0 Å². The zero-order valence-corrected chi connectivity index (χ0v) is 19.6. The van der Waals surface area contributed by atoms with E-state index in [1.807, 2.05) is 30.1 Å². The van der Waals surface area contributed by atoms with Crippen molar-refractivity contribution in [1.29, 1.82) is 0 Å². The van der Waals surface area contributed by atoms with Gasteiger partial charge in [-0.2, -0.15) is 0 Å². The van der Waals surface area contributed by atoms with Crippen LogP contribution in [-0.4, -0.2) is 72.9 Å². The molecule has 33 heavy (non-hydrogen) atoms. The maximum absolute atomic E-state index is 12.6. The molecular weight excluding hydrogens is 410 g/mol. The molecule has 0 atom stereocenters. The van der Waals surface area contributed by atoms with Gasteiger partial charge in [-0.05, 0) is 23.1 Å². The summed E-state index contributed by atoms with van der Waals surface area (Å²) in [6.07, 6.45) is 5.82. The first kappa shape index (κ1) is 23.1. The molecule has 1 N–H and O–H groups in total. The van der Waals surface area contributed by atoms with E-state index < -0.39 is 0 Å². The highest BCUT2D eigenvalue weighted by Crippen LogP contribution is 2.22. The lowest BCUT2D eigenvalue weighted by molar-refractivity contribution is -0.131. The van der Waals surface area contributed by atoms with Crippen molar-refractivity contribution < 1.29 is 4.79 Å². The van der Waals surface area contributed by atoms with Crippen molar-refractivity contribution in [2.75, 3.05) is 46.3 Å². The second-order valence-electron chi connectivity index (χ2n) is 8.70. The fourth-order valence-corrected chi connectivity index (χ4v) is 4.48. The number of hydrogen-bond acceptors (Lipinski definition) is 3. The first-order valence-corrected chi connectivity index (χ1v) is 12.0. The lowest BCUT2D eigenvalue weighted by atomic mass is 10.1. The fourth-order valence-electron chi connectivity index (χ4n) is 4.48. The number of nitrogens with zero attached hydrogens (tertiary/aromatic N) is 4. The minimum Gasteiger partial charge on any atom is -0.356 e. The Labute approximate surface area is 197 Å². The molecule has 174 valence electrons. The molecule has 2 aliphatic rings. The van der Waals surface area contributed by atoms with Crippen molar-refractivity contribution in [2.24, 2.45) is 4.99 Å². The Bertz CT molecular complexity index is 938. The van der Waals surface area contributed by atoms with E-state index in [1.165, 1.54) is 16.7 Å². The number of fused-ring (bicyclic) bond motifs is 1. The van der Waals surface area contributed by atoms with Crippen molar-refractivity contribution >= 4 is 17.9 Å². The normalized spacial score (nSPS) is 16.9. The Morgan fingerprint density at radius 1 is 0.939 bits per heavy atom. The molecular formula is C27H35N5O. The van der Waals surface area contributed by atoms with E-state index >= 15 is 0 Å². The van der Waals surface area contributed by atoms with Crippen LogP contribution in [0, 0.1) is 0 Å². The molecule has 1 amide bonds. The molecule has 2 aliphatic heterocycles. The second-order valence-corrected chi connectivity index (χ2v) is 8.70. The number of piperazine rings is 1. The van der Waals surface area contributed by atoms with Crippen LogP contribution in [-0.2, 0) is 17.9 Å². The maximum atomic E-state index is 12.6. The summed E-state index contributed by atoms with van der Waals surface area (Å²) in [6.45, 7) is 7.19. The number of amides is 1. The molecule has 0 spiro atoms.